The number of fused-ring (bicyclic) bond motifs is 3. The Morgan fingerprint density at radius 2 is 1.96 bits per heavy atom. The van der Waals surface area contributed by atoms with Gasteiger partial charge in [-0.2, -0.15) is 0 Å². The van der Waals surface area contributed by atoms with Crippen LogP contribution in [0, 0.1) is 11.8 Å². The molecule has 2 aliphatic carbocycles. The number of hydrogen-bond donors (Lipinski definition) is 0. The molecule has 0 bridgehead atoms. The van der Waals surface area contributed by atoms with Gasteiger partial charge in [0.1, 0.15) is 0 Å². The van der Waals surface area contributed by atoms with E-state index in [9.17, 15) is 4.79 Å². The van der Waals surface area contributed by atoms with E-state index in [0.717, 1.165) is 11.5 Å². The van der Waals surface area contributed by atoms with Gasteiger partial charge in [0.25, 0.3) is 0 Å². The molecule has 3 aliphatic rings. The third kappa shape index (κ3) is 2.54. The topological polar surface area (TPSA) is 20.3 Å². The van der Waals surface area contributed by atoms with Crippen molar-refractivity contribution in [2.24, 2.45) is 11.8 Å². The third-order valence-corrected chi connectivity index (χ3v) is 5.96. The molecule has 2 heteroatoms. The minimum absolute atomic E-state index is 0.155. The first kappa shape index (κ1) is 15.4. The molecule has 0 N–H and O–H groups in total. The van der Waals surface area contributed by atoms with Gasteiger partial charge in [-0.15, -0.1) is 0 Å². The summed E-state index contributed by atoms with van der Waals surface area (Å²) in [4.78, 5) is 14.2. The Balaban J connectivity index is 1.68. The van der Waals surface area contributed by atoms with Crippen molar-refractivity contribution in [1.82, 2.24) is 0 Å². The van der Waals surface area contributed by atoms with E-state index in [1.807, 2.05) is 13.0 Å². The van der Waals surface area contributed by atoms with E-state index in [0.29, 0.717) is 18.0 Å². The van der Waals surface area contributed by atoms with Crippen LogP contribution in [0.1, 0.15) is 33.1 Å². The summed E-state index contributed by atoms with van der Waals surface area (Å²) in [6.07, 6.45) is 13.0. The van der Waals surface area contributed by atoms with Crippen LogP contribution in [0.5, 0.6) is 0 Å². The maximum absolute atomic E-state index is 11.5. The molecule has 1 saturated carbocycles. The molecule has 0 radical (unpaired) electrons. The summed E-state index contributed by atoms with van der Waals surface area (Å²) in [7, 11) is 0. The lowest BCUT2D eigenvalue weighted by atomic mass is 9.83. The van der Waals surface area contributed by atoms with Crippen molar-refractivity contribution in [1.29, 1.82) is 0 Å². The molecule has 4 rings (SSSR count). The van der Waals surface area contributed by atoms with Crippen molar-refractivity contribution in [3.8, 4) is 0 Å². The van der Waals surface area contributed by atoms with Crippen LogP contribution in [-0.4, -0.2) is 17.9 Å². The molecule has 1 heterocycles. The van der Waals surface area contributed by atoms with Crippen LogP contribution in [0.2, 0.25) is 0 Å². The molecule has 0 spiro atoms. The van der Waals surface area contributed by atoms with Gasteiger partial charge >= 0.3 is 0 Å². The predicted molar refractivity (Wildman–Crippen MR) is 99.0 cm³/mol. The fourth-order valence-electron chi connectivity index (χ4n) is 4.77. The Kier molecular flexibility index (Phi) is 3.91. The number of carbonyl (C=O) groups is 1. The number of rotatable bonds is 3. The molecule has 1 aromatic rings. The Hall–Kier alpha value is -2.09. The zero-order valence-corrected chi connectivity index (χ0v) is 14.5. The third-order valence-electron chi connectivity index (χ3n) is 5.96. The number of ketones is 1. The lowest BCUT2D eigenvalue weighted by molar-refractivity contribution is -0.113. The fraction of sp³-hybridized carbons (Fsp3) is 0.409. The number of benzene rings is 1. The van der Waals surface area contributed by atoms with Gasteiger partial charge in [0.2, 0.25) is 0 Å². The second-order valence-corrected chi connectivity index (χ2v) is 7.38. The number of allylic oxidation sites excluding steroid dienone is 4. The summed E-state index contributed by atoms with van der Waals surface area (Å²) in [6.45, 7) is 3.55. The molecule has 2 nitrogen and oxygen atoms in total. The first-order valence-corrected chi connectivity index (χ1v) is 9.08. The molecule has 1 saturated heterocycles. The largest absolute Gasteiger partial charge is 0.361 e. The quantitative estimate of drug-likeness (QED) is 0.753. The van der Waals surface area contributed by atoms with E-state index in [2.05, 4.69) is 53.5 Å². The van der Waals surface area contributed by atoms with Crippen LogP contribution < -0.4 is 4.90 Å². The van der Waals surface area contributed by atoms with E-state index < -0.39 is 0 Å². The van der Waals surface area contributed by atoms with Crippen LogP contribution in [0.15, 0.2) is 65.8 Å². The van der Waals surface area contributed by atoms with E-state index in [1.54, 1.807) is 6.92 Å². The van der Waals surface area contributed by atoms with E-state index >= 15 is 0 Å². The maximum atomic E-state index is 11.5. The fourth-order valence-corrected chi connectivity index (χ4v) is 4.77. The second kappa shape index (κ2) is 6.08. The van der Waals surface area contributed by atoms with Gasteiger partial charge in [0.15, 0.2) is 5.78 Å². The normalized spacial score (nSPS) is 31.7. The first-order valence-electron chi connectivity index (χ1n) is 9.08. The van der Waals surface area contributed by atoms with Crippen molar-refractivity contribution in [3.63, 3.8) is 0 Å². The van der Waals surface area contributed by atoms with Crippen LogP contribution in [0.3, 0.4) is 0 Å². The van der Waals surface area contributed by atoms with Crippen LogP contribution in [0.4, 0.5) is 5.69 Å². The Bertz CT molecular complexity index is 728. The van der Waals surface area contributed by atoms with Crippen molar-refractivity contribution < 1.29 is 4.79 Å². The first-order chi connectivity index (χ1) is 11.6. The number of carbonyl (C=O) groups excluding carboxylic acids is 1. The Morgan fingerprint density at radius 1 is 1.17 bits per heavy atom. The molecule has 2 fully saturated rings. The van der Waals surface area contributed by atoms with Gasteiger partial charge in [0, 0.05) is 17.6 Å². The molecular weight excluding hydrogens is 294 g/mol. The van der Waals surface area contributed by atoms with Gasteiger partial charge in [-0.1, -0.05) is 42.8 Å². The molecule has 4 atom stereocenters. The van der Waals surface area contributed by atoms with E-state index in [-0.39, 0.29) is 5.78 Å². The lowest BCUT2D eigenvalue weighted by Crippen LogP contribution is -2.36. The van der Waals surface area contributed by atoms with E-state index in [1.165, 1.54) is 30.5 Å². The smallest absolute Gasteiger partial charge is 0.155 e. The summed E-state index contributed by atoms with van der Waals surface area (Å²) in [6, 6.07) is 12.0. The SMILES string of the molecule is CC(=O)C(C)=CC1=CC2C3CCCC3N(c3ccccc3)C2C=C1. The standard InChI is InChI=1S/C22H25NO/c1-15(16(2)24)13-17-11-12-22-20(14-17)19-9-6-10-21(19)23(22)18-7-4-3-5-8-18/h3-5,7-8,11-14,19-22H,6,9-10H2,1-2H3. The summed E-state index contributed by atoms with van der Waals surface area (Å²) in [5.41, 5.74) is 3.38. The Morgan fingerprint density at radius 3 is 2.71 bits per heavy atom. The Labute approximate surface area is 144 Å². The van der Waals surface area contributed by atoms with Gasteiger partial charge in [-0.05, 0) is 62.0 Å². The predicted octanol–water partition coefficient (Wildman–Crippen LogP) is 4.69. The summed E-state index contributed by atoms with van der Waals surface area (Å²) in [5, 5.41) is 0. The highest BCUT2D eigenvalue weighted by Crippen LogP contribution is 2.49. The molecule has 4 unspecified atom stereocenters. The molecular formula is C22H25NO. The van der Waals surface area contributed by atoms with Crippen molar-refractivity contribution >= 4 is 11.5 Å². The number of hydrogen-bond acceptors (Lipinski definition) is 2. The van der Waals surface area contributed by atoms with Gasteiger partial charge in [-0.25, -0.2) is 0 Å². The minimum Gasteiger partial charge on any atom is -0.361 e. The zero-order chi connectivity index (χ0) is 16.7. The zero-order valence-electron chi connectivity index (χ0n) is 14.5. The molecule has 124 valence electrons. The molecule has 0 amide bonds. The molecule has 1 aliphatic heterocycles. The second-order valence-electron chi connectivity index (χ2n) is 7.38. The molecule has 0 aromatic heterocycles. The van der Waals surface area contributed by atoms with Crippen molar-refractivity contribution in [3.05, 3.63) is 65.8 Å². The highest BCUT2D eigenvalue weighted by atomic mass is 16.1. The van der Waals surface area contributed by atoms with Crippen molar-refractivity contribution in [2.45, 2.75) is 45.2 Å². The van der Waals surface area contributed by atoms with Gasteiger partial charge < -0.3 is 4.90 Å². The highest BCUT2D eigenvalue weighted by molar-refractivity contribution is 5.93. The van der Waals surface area contributed by atoms with E-state index in [4.69, 9.17) is 0 Å². The number of anilines is 1. The van der Waals surface area contributed by atoms with Crippen LogP contribution in [0.25, 0.3) is 0 Å². The number of Topliss-reactive ketones (excluding diaryl/α,β-unsaturated/α-hetero) is 1. The average molecular weight is 319 g/mol. The summed E-state index contributed by atoms with van der Waals surface area (Å²) >= 11 is 0. The van der Waals surface area contributed by atoms with Crippen molar-refractivity contribution in [2.75, 3.05) is 4.90 Å². The molecule has 24 heavy (non-hydrogen) atoms. The maximum Gasteiger partial charge on any atom is 0.155 e. The summed E-state index contributed by atoms with van der Waals surface area (Å²) in [5.74, 6) is 1.46. The van der Waals surface area contributed by atoms with Crippen LogP contribution in [-0.2, 0) is 4.79 Å². The summed E-state index contributed by atoms with van der Waals surface area (Å²) < 4.78 is 0. The monoisotopic (exact) mass is 319 g/mol. The van der Waals surface area contributed by atoms with Crippen LogP contribution >= 0.6 is 0 Å². The number of nitrogens with zero attached hydrogens (tertiary/aromatic N) is 1. The minimum atomic E-state index is 0.155. The lowest BCUT2D eigenvalue weighted by Gasteiger charge is -2.32. The average Bonchev–Trinajstić information content (AvgIpc) is 3.16. The molecule has 1 aromatic carbocycles. The van der Waals surface area contributed by atoms with Gasteiger partial charge in [-0.3, -0.25) is 4.79 Å². The highest BCUT2D eigenvalue weighted by Gasteiger charge is 2.49. The number of para-hydroxylation sites is 1. The van der Waals surface area contributed by atoms with Gasteiger partial charge in [0.05, 0.1) is 6.04 Å².